The third kappa shape index (κ3) is 18.1. The van der Waals surface area contributed by atoms with Crippen molar-refractivity contribution >= 4 is 69.1 Å². The van der Waals surface area contributed by atoms with Gasteiger partial charge < -0.3 is 53.2 Å². The number of nitrogens with one attached hydrogen (secondary N) is 4. The predicted octanol–water partition coefficient (Wildman–Crippen LogP) is -1.05. The van der Waals surface area contributed by atoms with Crippen LogP contribution in [0.1, 0.15) is 66.2 Å². The molecular formula is C28H48N6O12S2. The normalized spacial score (nSPS) is 14.9. The fourth-order valence-electron chi connectivity index (χ4n) is 3.88. The zero-order valence-corrected chi connectivity index (χ0v) is 28.9. The molecule has 0 spiro atoms. The highest BCUT2D eigenvalue weighted by Gasteiger charge is 2.31. The van der Waals surface area contributed by atoms with E-state index in [1.54, 1.807) is 27.7 Å². The van der Waals surface area contributed by atoms with Crippen molar-refractivity contribution in [2.45, 2.75) is 102 Å². The molecule has 274 valence electrons. The number of amides is 4. The van der Waals surface area contributed by atoms with Gasteiger partial charge in [0.1, 0.15) is 36.3 Å². The molecule has 0 rings (SSSR count). The number of carbonyl (C=O) groups excluding carboxylic acids is 4. The van der Waals surface area contributed by atoms with Crippen LogP contribution in [0, 0.1) is 11.8 Å². The molecule has 0 aliphatic heterocycles. The molecule has 18 nitrogen and oxygen atoms in total. The van der Waals surface area contributed by atoms with Crippen molar-refractivity contribution in [2.75, 3.05) is 11.5 Å². The molecular weight excluding hydrogens is 676 g/mol. The molecule has 0 unspecified atom stereocenters. The minimum atomic E-state index is -1.29. The van der Waals surface area contributed by atoms with Gasteiger partial charge in [-0.1, -0.05) is 49.3 Å². The summed E-state index contributed by atoms with van der Waals surface area (Å²) in [4.78, 5) is 96.4. The van der Waals surface area contributed by atoms with E-state index in [1.807, 2.05) is 0 Å². The number of hydrogen-bond acceptors (Lipinski definition) is 12. The maximum Gasteiger partial charge on any atom is 0.326 e. The number of aliphatic carboxylic acids is 4. The van der Waals surface area contributed by atoms with Gasteiger partial charge in [0.2, 0.25) is 23.6 Å². The molecule has 48 heavy (non-hydrogen) atoms. The Kier molecular flexibility index (Phi) is 21.1. The van der Waals surface area contributed by atoms with Crippen molar-refractivity contribution in [1.29, 1.82) is 0 Å². The summed E-state index contributed by atoms with van der Waals surface area (Å²) < 4.78 is 0. The number of hydrogen-bond donors (Lipinski definition) is 10. The van der Waals surface area contributed by atoms with Crippen LogP contribution >= 0.6 is 21.6 Å². The smallest absolute Gasteiger partial charge is 0.326 e. The molecule has 0 aliphatic carbocycles. The molecule has 0 aromatic heterocycles. The molecule has 0 aromatic rings. The first-order valence-electron chi connectivity index (χ1n) is 15.1. The van der Waals surface area contributed by atoms with Crippen LogP contribution in [0.25, 0.3) is 0 Å². The van der Waals surface area contributed by atoms with Gasteiger partial charge in [-0.2, -0.15) is 0 Å². The summed E-state index contributed by atoms with van der Waals surface area (Å²) in [5.41, 5.74) is 10.9. The molecule has 0 bridgehead atoms. The summed E-state index contributed by atoms with van der Waals surface area (Å²) in [5, 5.41) is 46.6. The summed E-state index contributed by atoms with van der Waals surface area (Å²) in [5.74, 6) is -9.12. The summed E-state index contributed by atoms with van der Waals surface area (Å²) in [7, 11) is 2.01. The highest BCUT2D eigenvalue weighted by Crippen LogP contribution is 2.24. The highest BCUT2D eigenvalue weighted by atomic mass is 33.1. The van der Waals surface area contributed by atoms with Crippen LogP contribution in [0.3, 0.4) is 0 Å². The van der Waals surface area contributed by atoms with Gasteiger partial charge in [-0.3, -0.25) is 28.8 Å². The second-order valence-corrected chi connectivity index (χ2v) is 14.2. The van der Waals surface area contributed by atoms with Gasteiger partial charge in [0.25, 0.3) is 0 Å². The Labute approximate surface area is 286 Å². The summed E-state index contributed by atoms with van der Waals surface area (Å²) in [6.45, 7) is 6.32. The van der Waals surface area contributed by atoms with Crippen LogP contribution in [-0.4, -0.2) is 116 Å². The van der Waals surface area contributed by atoms with Crippen molar-refractivity contribution in [2.24, 2.45) is 23.3 Å². The minimum absolute atomic E-state index is 0.000262. The lowest BCUT2D eigenvalue weighted by atomic mass is 10.0. The van der Waals surface area contributed by atoms with Crippen LogP contribution in [0.5, 0.6) is 0 Å². The van der Waals surface area contributed by atoms with Crippen molar-refractivity contribution in [3.63, 3.8) is 0 Å². The van der Waals surface area contributed by atoms with Crippen LogP contribution in [0.4, 0.5) is 0 Å². The fourth-order valence-corrected chi connectivity index (χ4v) is 6.21. The van der Waals surface area contributed by atoms with Gasteiger partial charge >= 0.3 is 23.9 Å². The monoisotopic (exact) mass is 724 g/mol. The Morgan fingerprint density at radius 2 is 0.854 bits per heavy atom. The van der Waals surface area contributed by atoms with Crippen LogP contribution in [0.15, 0.2) is 0 Å². The second kappa shape index (κ2) is 22.9. The van der Waals surface area contributed by atoms with E-state index in [9.17, 15) is 48.6 Å². The van der Waals surface area contributed by atoms with Gasteiger partial charge in [-0.05, 0) is 37.5 Å². The molecule has 0 saturated heterocycles. The van der Waals surface area contributed by atoms with Crippen LogP contribution < -0.4 is 32.7 Å². The van der Waals surface area contributed by atoms with E-state index in [4.69, 9.17) is 21.7 Å². The van der Waals surface area contributed by atoms with Crippen molar-refractivity contribution in [3.05, 3.63) is 0 Å². The second-order valence-electron chi connectivity index (χ2n) is 11.6. The van der Waals surface area contributed by atoms with Crippen LogP contribution in [0.2, 0.25) is 0 Å². The molecule has 4 amide bonds. The highest BCUT2D eigenvalue weighted by molar-refractivity contribution is 8.76. The van der Waals surface area contributed by atoms with E-state index in [-0.39, 0.29) is 50.0 Å². The molecule has 0 radical (unpaired) electrons. The van der Waals surface area contributed by atoms with Gasteiger partial charge in [0.15, 0.2) is 0 Å². The molecule has 20 heteroatoms. The SMILES string of the molecule is CC(C)[C@@H](NC(=O)[C@H](CSSC[C@H](NC(=O)CCC[C@H](N)C(=O)O)C(=O)N[C@@H](C(=O)O)C(C)C)NC(=O)CCC[C@H](N)C(=O)O)C(=O)O. The van der Waals surface area contributed by atoms with Gasteiger partial charge in [-0.25, -0.2) is 9.59 Å². The third-order valence-corrected chi connectivity index (χ3v) is 9.21. The molecule has 0 aliphatic rings. The van der Waals surface area contributed by atoms with E-state index in [2.05, 4.69) is 21.3 Å². The average Bonchev–Trinajstić information content (AvgIpc) is 2.98. The number of nitrogens with two attached hydrogens (primary N) is 2. The maximum absolute atomic E-state index is 13.1. The first-order valence-corrected chi connectivity index (χ1v) is 17.6. The largest absolute Gasteiger partial charge is 0.480 e. The van der Waals surface area contributed by atoms with E-state index < -0.39 is 95.6 Å². The Bertz CT molecular complexity index is 1060. The van der Waals surface area contributed by atoms with Crippen molar-refractivity contribution in [3.8, 4) is 0 Å². The molecule has 0 aromatic carbocycles. The molecule has 0 fully saturated rings. The zero-order valence-electron chi connectivity index (χ0n) is 27.3. The van der Waals surface area contributed by atoms with E-state index >= 15 is 0 Å². The van der Waals surface area contributed by atoms with E-state index in [0.717, 1.165) is 21.6 Å². The maximum atomic E-state index is 13.1. The third-order valence-electron chi connectivity index (χ3n) is 6.79. The number of rotatable bonds is 25. The fraction of sp³-hybridized carbons (Fsp3) is 0.714. The average molecular weight is 725 g/mol. The topological polar surface area (TPSA) is 318 Å². The molecule has 6 atom stereocenters. The molecule has 12 N–H and O–H groups in total. The Morgan fingerprint density at radius 3 is 1.10 bits per heavy atom. The number of carbonyl (C=O) groups is 8. The summed E-state index contributed by atoms with van der Waals surface area (Å²) >= 11 is 0. The number of carboxylic acids is 4. The molecule has 0 heterocycles. The first-order chi connectivity index (χ1) is 22.3. The number of carboxylic acid groups (broad SMARTS) is 4. The lowest BCUT2D eigenvalue weighted by molar-refractivity contribution is -0.143. The summed E-state index contributed by atoms with van der Waals surface area (Å²) in [6, 6.07) is -7.38. The minimum Gasteiger partial charge on any atom is -0.480 e. The Balaban J connectivity index is 5.67. The molecule has 0 saturated carbocycles. The van der Waals surface area contributed by atoms with E-state index in [1.165, 1.54) is 0 Å². The Morgan fingerprint density at radius 1 is 0.542 bits per heavy atom. The standard InChI is InChI=1S/C28H48N6O12S2/c1-13(2)21(27(43)44)33-23(37)17(31-19(35)9-5-7-15(29)25(39)40)11-47-48-12-18(24(38)34-22(14(3)4)28(45)46)32-20(36)10-6-8-16(30)26(41)42/h13-18,21-22H,5-12,29-30H2,1-4H3,(H,31,35)(H,32,36)(H,33,37)(H,34,38)(H,39,40)(H,41,42)(H,43,44)(H,45,46)/t15-,16-,17-,18-,21+,22+/m0/s1. The lowest BCUT2D eigenvalue weighted by Crippen LogP contribution is -2.54. The van der Waals surface area contributed by atoms with Crippen molar-refractivity contribution in [1.82, 2.24) is 21.3 Å². The quantitative estimate of drug-likeness (QED) is 0.0397. The van der Waals surface area contributed by atoms with Gasteiger partial charge in [0.05, 0.1) is 0 Å². The van der Waals surface area contributed by atoms with Crippen LogP contribution in [-0.2, 0) is 38.4 Å². The first kappa shape index (κ1) is 44.4. The van der Waals surface area contributed by atoms with Crippen molar-refractivity contribution < 1.29 is 58.8 Å². The zero-order chi connectivity index (χ0) is 37.1. The van der Waals surface area contributed by atoms with Gasteiger partial charge in [-0.15, -0.1) is 0 Å². The predicted molar refractivity (Wildman–Crippen MR) is 177 cm³/mol. The summed E-state index contributed by atoms with van der Waals surface area (Å²) in [6.07, 6.45) is -0.125. The van der Waals surface area contributed by atoms with Gasteiger partial charge in [0, 0.05) is 24.3 Å². The Hall–Kier alpha value is -3.62. The van der Waals surface area contributed by atoms with E-state index in [0.29, 0.717) is 0 Å². The lowest BCUT2D eigenvalue weighted by Gasteiger charge is -2.24.